The van der Waals surface area contributed by atoms with E-state index < -0.39 is 5.54 Å². The Kier molecular flexibility index (Phi) is 5.05. The molecular formula is C14H23ClN4O. The highest BCUT2D eigenvalue weighted by Crippen LogP contribution is 2.38. The van der Waals surface area contributed by atoms with E-state index in [1.165, 1.54) is 0 Å². The van der Waals surface area contributed by atoms with E-state index in [0.717, 1.165) is 45.2 Å². The van der Waals surface area contributed by atoms with E-state index in [2.05, 4.69) is 17.3 Å². The zero-order valence-electron chi connectivity index (χ0n) is 11.9. The molecule has 1 aromatic rings. The Morgan fingerprint density at radius 3 is 3.10 bits per heavy atom. The first-order chi connectivity index (χ1) is 9.58. The molecule has 1 aliphatic carbocycles. The van der Waals surface area contributed by atoms with E-state index in [1.54, 1.807) is 6.20 Å². The molecular weight excluding hydrogens is 276 g/mol. The summed E-state index contributed by atoms with van der Waals surface area (Å²) in [4.78, 5) is 12.0. The summed E-state index contributed by atoms with van der Waals surface area (Å²) < 4.78 is 1.83. The van der Waals surface area contributed by atoms with Crippen LogP contribution >= 0.6 is 11.6 Å². The standard InChI is InChI=1S/C14H23ClN4O/c1-2-7-17-14(13(16)20)6-3-4-11(14)5-8-19-10-12(15)9-18-19/h9-11,17H,2-8H2,1H3,(H2,16,20). The van der Waals surface area contributed by atoms with Crippen molar-refractivity contribution in [3.05, 3.63) is 17.4 Å². The van der Waals surface area contributed by atoms with Crippen LogP contribution in [0.15, 0.2) is 12.4 Å². The number of amides is 1. The first-order valence-corrected chi connectivity index (χ1v) is 7.69. The maximum Gasteiger partial charge on any atom is 0.238 e. The molecule has 2 atom stereocenters. The normalized spacial score (nSPS) is 26.0. The minimum Gasteiger partial charge on any atom is -0.368 e. The number of halogens is 1. The predicted octanol–water partition coefficient (Wildman–Crippen LogP) is 1.95. The first kappa shape index (κ1) is 15.3. The van der Waals surface area contributed by atoms with E-state index in [4.69, 9.17) is 17.3 Å². The maximum absolute atomic E-state index is 12.0. The van der Waals surface area contributed by atoms with Gasteiger partial charge >= 0.3 is 0 Å². The molecule has 0 spiro atoms. The van der Waals surface area contributed by atoms with Crippen molar-refractivity contribution >= 4 is 17.5 Å². The van der Waals surface area contributed by atoms with Crippen LogP contribution in [0.3, 0.4) is 0 Å². The molecule has 112 valence electrons. The fraction of sp³-hybridized carbons (Fsp3) is 0.714. The lowest BCUT2D eigenvalue weighted by Gasteiger charge is -2.33. The summed E-state index contributed by atoms with van der Waals surface area (Å²) in [5.41, 5.74) is 5.16. The number of carbonyl (C=O) groups excluding carboxylic acids is 1. The number of carbonyl (C=O) groups is 1. The van der Waals surface area contributed by atoms with E-state index in [0.29, 0.717) is 5.02 Å². The van der Waals surface area contributed by atoms with Crippen molar-refractivity contribution in [2.75, 3.05) is 6.54 Å². The number of hydrogen-bond donors (Lipinski definition) is 2. The lowest BCUT2D eigenvalue weighted by Crippen LogP contribution is -2.58. The summed E-state index contributed by atoms with van der Waals surface area (Å²) in [6.07, 6.45) is 8.24. The van der Waals surface area contributed by atoms with Gasteiger partial charge in [-0.3, -0.25) is 9.48 Å². The molecule has 5 nitrogen and oxygen atoms in total. The number of nitrogens with zero attached hydrogens (tertiary/aromatic N) is 2. The molecule has 0 aliphatic heterocycles. The molecule has 1 aliphatic rings. The Balaban J connectivity index is 2.02. The van der Waals surface area contributed by atoms with Crippen LogP contribution in [0, 0.1) is 5.92 Å². The molecule has 1 amide bonds. The predicted molar refractivity (Wildman–Crippen MR) is 79.4 cm³/mol. The average molecular weight is 299 g/mol. The number of primary amides is 1. The molecule has 1 saturated carbocycles. The fourth-order valence-electron chi connectivity index (χ4n) is 3.21. The molecule has 0 saturated heterocycles. The third-order valence-corrected chi connectivity index (χ3v) is 4.45. The van der Waals surface area contributed by atoms with E-state index in [-0.39, 0.29) is 11.8 Å². The van der Waals surface area contributed by atoms with Crippen LogP contribution in [0.5, 0.6) is 0 Å². The first-order valence-electron chi connectivity index (χ1n) is 7.31. The number of nitrogens with two attached hydrogens (primary N) is 1. The van der Waals surface area contributed by atoms with Gasteiger partial charge in [0.2, 0.25) is 5.91 Å². The van der Waals surface area contributed by atoms with Crippen molar-refractivity contribution in [3.8, 4) is 0 Å². The van der Waals surface area contributed by atoms with Gasteiger partial charge in [-0.15, -0.1) is 0 Å². The minimum absolute atomic E-state index is 0.216. The number of nitrogens with one attached hydrogen (secondary N) is 1. The number of rotatable bonds is 7. The molecule has 0 aromatic carbocycles. The lowest BCUT2D eigenvalue weighted by atomic mass is 9.83. The van der Waals surface area contributed by atoms with Gasteiger partial charge in [0.15, 0.2) is 0 Å². The summed E-state index contributed by atoms with van der Waals surface area (Å²) in [6.45, 7) is 3.69. The van der Waals surface area contributed by atoms with Crippen molar-refractivity contribution in [2.45, 2.75) is 51.1 Å². The van der Waals surface area contributed by atoms with Crippen molar-refractivity contribution in [3.63, 3.8) is 0 Å². The molecule has 6 heteroatoms. The highest BCUT2D eigenvalue weighted by molar-refractivity contribution is 6.30. The average Bonchev–Trinajstić information content (AvgIpc) is 3.01. The monoisotopic (exact) mass is 298 g/mol. The summed E-state index contributed by atoms with van der Waals surface area (Å²) in [5, 5.41) is 8.23. The summed E-state index contributed by atoms with van der Waals surface area (Å²) >= 11 is 5.86. The van der Waals surface area contributed by atoms with Gasteiger partial charge in [0, 0.05) is 12.7 Å². The Morgan fingerprint density at radius 1 is 1.70 bits per heavy atom. The van der Waals surface area contributed by atoms with E-state index in [1.807, 2.05) is 10.9 Å². The summed E-state index contributed by atoms with van der Waals surface area (Å²) in [5.74, 6) is 0.0569. The summed E-state index contributed by atoms with van der Waals surface area (Å²) in [6, 6.07) is 0. The van der Waals surface area contributed by atoms with Crippen molar-refractivity contribution < 1.29 is 4.79 Å². The Labute approximate surface area is 124 Å². The molecule has 20 heavy (non-hydrogen) atoms. The van der Waals surface area contributed by atoms with Crippen molar-refractivity contribution in [1.29, 1.82) is 0 Å². The molecule has 2 unspecified atom stereocenters. The van der Waals surface area contributed by atoms with Gasteiger partial charge in [0.1, 0.15) is 5.54 Å². The van der Waals surface area contributed by atoms with Gasteiger partial charge < -0.3 is 11.1 Å². The molecule has 2 rings (SSSR count). The highest BCUT2D eigenvalue weighted by atomic mass is 35.5. The van der Waals surface area contributed by atoms with Crippen LogP contribution in [-0.2, 0) is 11.3 Å². The van der Waals surface area contributed by atoms with Gasteiger partial charge in [-0.1, -0.05) is 24.9 Å². The number of aromatic nitrogens is 2. The zero-order chi connectivity index (χ0) is 14.6. The largest absolute Gasteiger partial charge is 0.368 e. The third-order valence-electron chi connectivity index (χ3n) is 4.26. The molecule has 1 aromatic heterocycles. The van der Waals surface area contributed by atoms with Gasteiger partial charge in [-0.2, -0.15) is 5.10 Å². The van der Waals surface area contributed by atoms with Crippen LogP contribution in [0.2, 0.25) is 5.02 Å². The Hall–Kier alpha value is -1.07. The molecule has 0 radical (unpaired) electrons. The SMILES string of the molecule is CCCNC1(C(N)=O)CCCC1CCn1cc(Cl)cn1. The van der Waals surface area contributed by atoms with E-state index >= 15 is 0 Å². The van der Waals surface area contributed by atoms with E-state index in [9.17, 15) is 4.79 Å². The molecule has 3 N–H and O–H groups in total. The fourth-order valence-corrected chi connectivity index (χ4v) is 3.37. The van der Waals surface area contributed by atoms with Gasteiger partial charge in [0.25, 0.3) is 0 Å². The third kappa shape index (κ3) is 3.15. The quantitative estimate of drug-likeness (QED) is 0.808. The van der Waals surface area contributed by atoms with Gasteiger partial charge in [0.05, 0.1) is 11.2 Å². The Bertz CT molecular complexity index is 462. The number of hydrogen-bond acceptors (Lipinski definition) is 3. The minimum atomic E-state index is -0.535. The maximum atomic E-state index is 12.0. The Morgan fingerprint density at radius 2 is 2.50 bits per heavy atom. The number of aryl methyl sites for hydroxylation is 1. The zero-order valence-corrected chi connectivity index (χ0v) is 12.7. The van der Waals surface area contributed by atoms with Crippen LogP contribution < -0.4 is 11.1 Å². The molecule has 1 heterocycles. The molecule has 0 bridgehead atoms. The summed E-state index contributed by atoms with van der Waals surface area (Å²) in [7, 11) is 0. The van der Waals surface area contributed by atoms with Crippen LogP contribution in [0.25, 0.3) is 0 Å². The molecule has 1 fully saturated rings. The van der Waals surface area contributed by atoms with Gasteiger partial charge in [-0.05, 0) is 38.1 Å². The van der Waals surface area contributed by atoms with Gasteiger partial charge in [-0.25, -0.2) is 0 Å². The second kappa shape index (κ2) is 6.59. The van der Waals surface area contributed by atoms with Crippen LogP contribution in [-0.4, -0.2) is 27.8 Å². The van der Waals surface area contributed by atoms with Crippen molar-refractivity contribution in [2.24, 2.45) is 11.7 Å². The topological polar surface area (TPSA) is 72.9 Å². The van der Waals surface area contributed by atoms with Crippen LogP contribution in [0.4, 0.5) is 0 Å². The lowest BCUT2D eigenvalue weighted by molar-refractivity contribution is -0.126. The van der Waals surface area contributed by atoms with Crippen LogP contribution in [0.1, 0.15) is 39.0 Å². The second-order valence-electron chi connectivity index (χ2n) is 5.56. The highest BCUT2D eigenvalue weighted by Gasteiger charge is 2.46. The smallest absolute Gasteiger partial charge is 0.238 e. The van der Waals surface area contributed by atoms with Crippen molar-refractivity contribution in [1.82, 2.24) is 15.1 Å². The second-order valence-corrected chi connectivity index (χ2v) is 6.00.